The van der Waals surface area contributed by atoms with Gasteiger partial charge < -0.3 is 11.1 Å². The average Bonchev–Trinajstić information content (AvgIpc) is 2.67. The van der Waals surface area contributed by atoms with Crippen LogP contribution in [0, 0.1) is 12.7 Å². The SMILES string of the molecule is Cc1[nH]nc(C(=O)NCc2cccc(F)c2)c1N. The molecule has 18 heavy (non-hydrogen) atoms. The van der Waals surface area contributed by atoms with Gasteiger partial charge >= 0.3 is 0 Å². The van der Waals surface area contributed by atoms with E-state index in [9.17, 15) is 9.18 Å². The van der Waals surface area contributed by atoms with E-state index >= 15 is 0 Å². The van der Waals surface area contributed by atoms with Gasteiger partial charge in [0.25, 0.3) is 5.91 Å². The van der Waals surface area contributed by atoms with E-state index in [2.05, 4.69) is 15.5 Å². The minimum Gasteiger partial charge on any atom is -0.395 e. The maximum atomic E-state index is 12.9. The molecule has 1 aromatic heterocycles. The van der Waals surface area contributed by atoms with E-state index in [0.29, 0.717) is 16.9 Å². The normalized spacial score (nSPS) is 10.3. The minimum absolute atomic E-state index is 0.156. The van der Waals surface area contributed by atoms with Crippen LogP contribution in [0.5, 0.6) is 0 Å². The smallest absolute Gasteiger partial charge is 0.274 e. The van der Waals surface area contributed by atoms with Crippen molar-refractivity contribution in [3.63, 3.8) is 0 Å². The molecule has 0 aliphatic heterocycles. The van der Waals surface area contributed by atoms with Crippen molar-refractivity contribution in [2.45, 2.75) is 13.5 Å². The first kappa shape index (κ1) is 12.1. The number of nitrogens with two attached hydrogens (primary N) is 1. The van der Waals surface area contributed by atoms with Gasteiger partial charge in [0.1, 0.15) is 5.82 Å². The van der Waals surface area contributed by atoms with Crippen LogP contribution in [0.3, 0.4) is 0 Å². The van der Waals surface area contributed by atoms with E-state index in [1.807, 2.05) is 0 Å². The molecule has 1 amide bonds. The number of benzene rings is 1. The number of nitrogen functional groups attached to an aromatic ring is 1. The van der Waals surface area contributed by atoms with Crippen LogP contribution >= 0.6 is 0 Å². The highest BCUT2D eigenvalue weighted by atomic mass is 19.1. The average molecular weight is 248 g/mol. The summed E-state index contributed by atoms with van der Waals surface area (Å²) in [5.74, 6) is -0.724. The molecule has 1 heterocycles. The number of aryl methyl sites for hydroxylation is 1. The Hall–Kier alpha value is -2.37. The van der Waals surface area contributed by atoms with Crippen molar-refractivity contribution in [2.75, 3.05) is 5.73 Å². The number of nitrogens with zero attached hydrogens (tertiary/aromatic N) is 1. The number of amides is 1. The molecule has 1 aromatic carbocycles. The van der Waals surface area contributed by atoms with E-state index in [0.717, 1.165) is 0 Å². The molecule has 0 aliphatic carbocycles. The van der Waals surface area contributed by atoms with Crippen molar-refractivity contribution in [3.05, 3.63) is 47.0 Å². The number of carbonyl (C=O) groups is 1. The van der Waals surface area contributed by atoms with Crippen molar-refractivity contribution in [3.8, 4) is 0 Å². The summed E-state index contributed by atoms with van der Waals surface area (Å²) < 4.78 is 12.9. The number of hydrogen-bond acceptors (Lipinski definition) is 3. The van der Waals surface area contributed by atoms with Crippen molar-refractivity contribution < 1.29 is 9.18 Å². The zero-order valence-electron chi connectivity index (χ0n) is 9.83. The molecular weight excluding hydrogens is 235 g/mol. The van der Waals surface area contributed by atoms with Crippen LogP contribution in [0.2, 0.25) is 0 Å². The van der Waals surface area contributed by atoms with E-state index < -0.39 is 0 Å². The van der Waals surface area contributed by atoms with E-state index in [1.165, 1.54) is 12.1 Å². The topological polar surface area (TPSA) is 83.8 Å². The van der Waals surface area contributed by atoms with Crippen LogP contribution in [0.1, 0.15) is 21.7 Å². The van der Waals surface area contributed by atoms with Gasteiger partial charge in [0.15, 0.2) is 5.69 Å². The van der Waals surface area contributed by atoms with E-state index in [1.54, 1.807) is 19.1 Å². The van der Waals surface area contributed by atoms with Gasteiger partial charge in [-0.15, -0.1) is 0 Å². The second-order valence-electron chi connectivity index (χ2n) is 3.92. The Morgan fingerprint density at radius 2 is 2.33 bits per heavy atom. The van der Waals surface area contributed by atoms with Crippen LogP contribution in [0.15, 0.2) is 24.3 Å². The summed E-state index contributed by atoms with van der Waals surface area (Å²) in [7, 11) is 0. The Labute approximate surface area is 103 Å². The molecule has 0 aliphatic rings. The maximum absolute atomic E-state index is 12.9. The molecule has 0 spiro atoms. The highest BCUT2D eigenvalue weighted by molar-refractivity contribution is 5.97. The molecule has 0 saturated heterocycles. The third-order valence-corrected chi connectivity index (χ3v) is 2.55. The monoisotopic (exact) mass is 248 g/mol. The van der Waals surface area contributed by atoms with Crippen molar-refractivity contribution >= 4 is 11.6 Å². The lowest BCUT2D eigenvalue weighted by atomic mass is 10.2. The summed E-state index contributed by atoms with van der Waals surface area (Å²) >= 11 is 0. The lowest BCUT2D eigenvalue weighted by molar-refractivity contribution is 0.0946. The first-order valence-electron chi connectivity index (χ1n) is 5.41. The third-order valence-electron chi connectivity index (χ3n) is 2.55. The fraction of sp³-hybridized carbons (Fsp3) is 0.167. The predicted molar refractivity (Wildman–Crippen MR) is 65.3 cm³/mol. The van der Waals surface area contributed by atoms with Crippen LogP contribution < -0.4 is 11.1 Å². The van der Waals surface area contributed by atoms with Crippen LogP contribution in [-0.4, -0.2) is 16.1 Å². The lowest BCUT2D eigenvalue weighted by Gasteiger charge is -2.04. The number of halogens is 1. The Kier molecular flexibility index (Phi) is 3.27. The molecule has 0 bridgehead atoms. The fourth-order valence-electron chi connectivity index (χ4n) is 1.52. The number of anilines is 1. The first-order valence-corrected chi connectivity index (χ1v) is 5.41. The quantitative estimate of drug-likeness (QED) is 0.767. The number of aromatic amines is 1. The van der Waals surface area contributed by atoms with Crippen LogP contribution in [-0.2, 0) is 6.54 Å². The van der Waals surface area contributed by atoms with Crippen molar-refractivity contribution in [1.82, 2.24) is 15.5 Å². The summed E-state index contributed by atoms with van der Waals surface area (Å²) in [6.07, 6.45) is 0. The molecule has 0 atom stereocenters. The first-order chi connectivity index (χ1) is 8.58. The number of H-pyrrole nitrogens is 1. The summed E-state index contributed by atoms with van der Waals surface area (Å²) in [5.41, 5.74) is 7.48. The molecule has 4 N–H and O–H groups in total. The Bertz CT molecular complexity index is 579. The highest BCUT2D eigenvalue weighted by Crippen LogP contribution is 2.12. The molecule has 2 rings (SSSR count). The molecule has 0 radical (unpaired) electrons. The van der Waals surface area contributed by atoms with Gasteiger partial charge in [0, 0.05) is 6.54 Å². The third kappa shape index (κ3) is 2.48. The molecule has 0 fully saturated rings. The van der Waals surface area contributed by atoms with Gasteiger partial charge in [-0.3, -0.25) is 9.89 Å². The summed E-state index contributed by atoms with van der Waals surface area (Å²) in [4.78, 5) is 11.8. The van der Waals surface area contributed by atoms with E-state index in [4.69, 9.17) is 5.73 Å². The van der Waals surface area contributed by atoms with Crippen molar-refractivity contribution in [2.24, 2.45) is 0 Å². The van der Waals surface area contributed by atoms with Gasteiger partial charge in [0.05, 0.1) is 11.4 Å². The molecule has 2 aromatic rings. The number of rotatable bonds is 3. The van der Waals surface area contributed by atoms with Gasteiger partial charge in [-0.05, 0) is 24.6 Å². The van der Waals surface area contributed by atoms with E-state index in [-0.39, 0.29) is 24.0 Å². The molecule has 5 nitrogen and oxygen atoms in total. The summed E-state index contributed by atoms with van der Waals surface area (Å²) in [6, 6.07) is 6.02. The number of hydrogen-bond donors (Lipinski definition) is 3. The molecule has 0 unspecified atom stereocenters. The van der Waals surface area contributed by atoms with Crippen molar-refractivity contribution in [1.29, 1.82) is 0 Å². The number of nitrogens with one attached hydrogen (secondary N) is 2. The van der Waals surface area contributed by atoms with Gasteiger partial charge in [-0.25, -0.2) is 4.39 Å². The fourth-order valence-corrected chi connectivity index (χ4v) is 1.52. The summed E-state index contributed by atoms with van der Waals surface area (Å²) in [5, 5.41) is 9.07. The molecular formula is C12H13FN4O. The minimum atomic E-state index is -0.388. The van der Waals surface area contributed by atoms with Crippen LogP contribution in [0.4, 0.5) is 10.1 Å². The largest absolute Gasteiger partial charge is 0.395 e. The van der Waals surface area contributed by atoms with Gasteiger partial charge in [0.2, 0.25) is 0 Å². The summed E-state index contributed by atoms with van der Waals surface area (Å²) in [6.45, 7) is 1.95. The predicted octanol–water partition coefficient (Wildman–Crippen LogP) is 1.37. The number of carbonyl (C=O) groups excluding carboxylic acids is 1. The van der Waals surface area contributed by atoms with Gasteiger partial charge in [-0.1, -0.05) is 12.1 Å². The maximum Gasteiger partial charge on any atom is 0.274 e. The standard InChI is InChI=1S/C12H13FN4O/c1-7-10(14)11(17-16-7)12(18)15-6-8-3-2-4-9(13)5-8/h2-5H,6,14H2,1H3,(H,15,18)(H,16,17). The molecule has 0 saturated carbocycles. The second kappa shape index (κ2) is 4.87. The Morgan fingerprint density at radius 3 is 2.94 bits per heavy atom. The Balaban J connectivity index is 2.03. The van der Waals surface area contributed by atoms with Crippen LogP contribution in [0.25, 0.3) is 0 Å². The molecule has 94 valence electrons. The zero-order chi connectivity index (χ0) is 13.1. The van der Waals surface area contributed by atoms with Gasteiger partial charge in [-0.2, -0.15) is 5.10 Å². The second-order valence-corrected chi connectivity index (χ2v) is 3.92. The highest BCUT2D eigenvalue weighted by Gasteiger charge is 2.14. The zero-order valence-corrected chi connectivity index (χ0v) is 9.83. The number of aromatic nitrogens is 2. The lowest BCUT2D eigenvalue weighted by Crippen LogP contribution is -2.24. The Morgan fingerprint density at radius 1 is 1.56 bits per heavy atom. The molecule has 6 heteroatoms.